The van der Waals surface area contributed by atoms with Gasteiger partial charge in [0.25, 0.3) is 0 Å². The monoisotopic (exact) mass is 372 g/mol. The maximum Gasteiger partial charge on any atom is 0.215 e. The van der Waals surface area contributed by atoms with Gasteiger partial charge in [-0.25, -0.2) is 4.98 Å². The van der Waals surface area contributed by atoms with Crippen LogP contribution < -0.4 is 20.2 Å². The fraction of sp³-hybridized carbons (Fsp3) is 0.130. The first-order valence-corrected chi connectivity index (χ1v) is 9.17. The minimum absolute atomic E-state index is 0.623. The second-order valence-electron chi connectivity index (χ2n) is 6.44. The number of rotatable bonds is 5. The molecule has 0 bridgehead atoms. The van der Waals surface area contributed by atoms with Gasteiger partial charge in [-0.05, 0) is 61.0 Å². The molecule has 0 saturated carbocycles. The number of anilines is 1. The van der Waals surface area contributed by atoms with Crippen LogP contribution in [0.25, 0.3) is 21.8 Å². The Hall–Kier alpha value is -3.60. The smallest absolute Gasteiger partial charge is 0.215 e. The predicted molar refractivity (Wildman–Crippen MR) is 114 cm³/mol. The SMILES string of the molecule is CCOc1ccc2[nH+]c3cc(N=Cc4ccc(OC)cc4)ccc3c(N)c2c1. The third-order valence-electron chi connectivity index (χ3n) is 4.63. The summed E-state index contributed by atoms with van der Waals surface area (Å²) in [5, 5.41) is 1.91. The van der Waals surface area contributed by atoms with Gasteiger partial charge in [0.2, 0.25) is 11.0 Å². The molecule has 4 rings (SSSR count). The molecule has 0 saturated heterocycles. The summed E-state index contributed by atoms with van der Waals surface area (Å²) in [4.78, 5) is 8.03. The Morgan fingerprint density at radius 2 is 1.71 bits per heavy atom. The van der Waals surface area contributed by atoms with Gasteiger partial charge >= 0.3 is 0 Å². The number of fused-ring (bicyclic) bond motifs is 2. The van der Waals surface area contributed by atoms with Crippen LogP contribution in [-0.4, -0.2) is 19.9 Å². The summed E-state index contributed by atoms with van der Waals surface area (Å²) in [6.07, 6.45) is 1.83. The third-order valence-corrected chi connectivity index (χ3v) is 4.63. The molecule has 5 heteroatoms. The van der Waals surface area contributed by atoms with Crippen molar-refractivity contribution in [2.45, 2.75) is 6.92 Å². The van der Waals surface area contributed by atoms with Crippen LogP contribution in [0.5, 0.6) is 11.5 Å². The van der Waals surface area contributed by atoms with E-state index in [4.69, 9.17) is 15.2 Å². The van der Waals surface area contributed by atoms with Gasteiger partial charge in [-0.2, -0.15) is 0 Å². The average molecular weight is 372 g/mol. The number of nitrogen functional groups attached to an aromatic ring is 1. The average Bonchev–Trinajstić information content (AvgIpc) is 2.73. The molecule has 0 aliphatic carbocycles. The van der Waals surface area contributed by atoms with Crippen LogP contribution >= 0.6 is 0 Å². The van der Waals surface area contributed by atoms with Gasteiger partial charge in [0.15, 0.2) is 0 Å². The molecule has 1 aromatic heterocycles. The van der Waals surface area contributed by atoms with Gasteiger partial charge in [-0.1, -0.05) is 0 Å². The highest BCUT2D eigenvalue weighted by atomic mass is 16.5. The number of nitrogens with two attached hydrogens (primary N) is 1. The molecular weight excluding hydrogens is 350 g/mol. The first kappa shape index (κ1) is 17.8. The van der Waals surface area contributed by atoms with Crippen LogP contribution in [0.1, 0.15) is 12.5 Å². The topological polar surface area (TPSA) is 71.0 Å². The van der Waals surface area contributed by atoms with Crippen LogP contribution in [0.15, 0.2) is 65.7 Å². The Labute approximate surface area is 163 Å². The lowest BCUT2D eigenvalue weighted by Crippen LogP contribution is -2.08. The molecule has 4 aromatic rings. The summed E-state index contributed by atoms with van der Waals surface area (Å²) in [6, 6.07) is 19.6. The summed E-state index contributed by atoms with van der Waals surface area (Å²) < 4.78 is 10.8. The van der Waals surface area contributed by atoms with Crippen molar-refractivity contribution in [1.82, 2.24) is 0 Å². The van der Waals surface area contributed by atoms with E-state index in [1.54, 1.807) is 7.11 Å². The van der Waals surface area contributed by atoms with Gasteiger partial charge in [0, 0.05) is 18.3 Å². The number of methoxy groups -OCH3 is 1. The molecule has 0 aliphatic rings. The second kappa shape index (κ2) is 7.56. The van der Waals surface area contributed by atoms with Crippen LogP contribution in [0.4, 0.5) is 11.4 Å². The van der Waals surface area contributed by atoms with Crippen LogP contribution in [0.2, 0.25) is 0 Å². The number of aromatic amines is 1. The highest BCUT2D eigenvalue weighted by Gasteiger charge is 2.13. The quantitative estimate of drug-likeness (QED) is 0.413. The van der Waals surface area contributed by atoms with E-state index in [0.717, 1.165) is 50.2 Å². The van der Waals surface area contributed by atoms with Crippen molar-refractivity contribution in [3.8, 4) is 11.5 Å². The van der Waals surface area contributed by atoms with Crippen molar-refractivity contribution in [2.24, 2.45) is 4.99 Å². The van der Waals surface area contributed by atoms with E-state index < -0.39 is 0 Å². The van der Waals surface area contributed by atoms with E-state index in [1.165, 1.54) is 0 Å². The Bertz CT molecular complexity index is 1170. The zero-order valence-electron chi connectivity index (χ0n) is 15.9. The Kier molecular flexibility index (Phi) is 4.81. The molecule has 0 atom stereocenters. The zero-order valence-corrected chi connectivity index (χ0v) is 15.9. The molecule has 0 unspecified atom stereocenters. The fourth-order valence-corrected chi connectivity index (χ4v) is 3.19. The van der Waals surface area contributed by atoms with Crippen molar-refractivity contribution in [2.75, 3.05) is 19.5 Å². The summed E-state index contributed by atoms with van der Waals surface area (Å²) >= 11 is 0. The Morgan fingerprint density at radius 1 is 0.929 bits per heavy atom. The molecular formula is C23H22N3O2+. The number of aromatic nitrogens is 1. The van der Waals surface area contributed by atoms with Gasteiger partial charge in [-0.15, -0.1) is 0 Å². The molecule has 3 N–H and O–H groups in total. The first-order valence-electron chi connectivity index (χ1n) is 9.17. The van der Waals surface area contributed by atoms with Crippen molar-refractivity contribution in [1.29, 1.82) is 0 Å². The van der Waals surface area contributed by atoms with Crippen LogP contribution in [0, 0.1) is 0 Å². The maximum absolute atomic E-state index is 6.44. The van der Waals surface area contributed by atoms with E-state index in [0.29, 0.717) is 6.61 Å². The lowest BCUT2D eigenvalue weighted by Gasteiger charge is -2.06. The van der Waals surface area contributed by atoms with Crippen molar-refractivity contribution < 1.29 is 14.5 Å². The van der Waals surface area contributed by atoms with Gasteiger partial charge in [-0.3, -0.25) is 4.99 Å². The summed E-state index contributed by atoms with van der Waals surface area (Å²) in [7, 11) is 1.65. The molecule has 1 heterocycles. The second-order valence-corrected chi connectivity index (χ2v) is 6.44. The van der Waals surface area contributed by atoms with Crippen molar-refractivity contribution in [3.05, 3.63) is 66.2 Å². The predicted octanol–water partition coefficient (Wildman–Crippen LogP) is 4.55. The van der Waals surface area contributed by atoms with Gasteiger partial charge < -0.3 is 15.2 Å². The van der Waals surface area contributed by atoms with Gasteiger partial charge in [0.1, 0.15) is 11.5 Å². The number of benzene rings is 3. The molecule has 3 aromatic carbocycles. The highest BCUT2D eigenvalue weighted by Crippen LogP contribution is 2.30. The minimum atomic E-state index is 0.623. The number of nitrogens with zero attached hydrogens (tertiary/aromatic N) is 1. The van der Waals surface area contributed by atoms with E-state index in [1.807, 2.05) is 73.8 Å². The number of ether oxygens (including phenoxy) is 2. The molecule has 0 amide bonds. The Morgan fingerprint density at radius 3 is 2.46 bits per heavy atom. The van der Waals surface area contributed by atoms with E-state index in [-0.39, 0.29) is 0 Å². The molecule has 0 spiro atoms. The molecule has 5 nitrogen and oxygen atoms in total. The third kappa shape index (κ3) is 3.47. The fourth-order valence-electron chi connectivity index (χ4n) is 3.19. The number of hydrogen-bond donors (Lipinski definition) is 1. The van der Waals surface area contributed by atoms with Crippen LogP contribution in [0.3, 0.4) is 0 Å². The van der Waals surface area contributed by atoms with Gasteiger partial charge in [0.05, 0.1) is 35.9 Å². The number of hydrogen-bond acceptors (Lipinski definition) is 4. The maximum atomic E-state index is 6.44. The molecule has 140 valence electrons. The Balaban J connectivity index is 1.70. The minimum Gasteiger partial charge on any atom is -0.497 e. The largest absolute Gasteiger partial charge is 0.497 e. The number of nitrogens with one attached hydrogen (secondary N) is 1. The highest BCUT2D eigenvalue weighted by molar-refractivity contribution is 6.04. The van der Waals surface area contributed by atoms with E-state index in [9.17, 15) is 0 Å². The van der Waals surface area contributed by atoms with E-state index in [2.05, 4.69) is 9.98 Å². The standard InChI is InChI=1S/C23H21N3O2/c1-3-28-18-9-11-21-20(13-18)23(24)19-10-6-16(12-22(19)26-21)25-14-15-4-7-17(27-2)8-5-15/h4-14H,3H2,1-2H3,(H2,24,26)/p+1. The molecule has 0 radical (unpaired) electrons. The number of H-pyrrole nitrogens is 1. The van der Waals surface area contributed by atoms with E-state index >= 15 is 0 Å². The summed E-state index contributed by atoms with van der Waals surface area (Å²) in [5.41, 5.74) is 10.9. The van der Waals surface area contributed by atoms with Crippen LogP contribution in [-0.2, 0) is 0 Å². The molecule has 0 fully saturated rings. The first-order chi connectivity index (χ1) is 13.7. The van der Waals surface area contributed by atoms with Crippen molar-refractivity contribution >= 4 is 39.4 Å². The molecule has 0 aliphatic heterocycles. The lowest BCUT2D eigenvalue weighted by atomic mass is 10.1. The zero-order chi connectivity index (χ0) is 19.5. The summed E-state index contributed by atoms with van der Waals surface area (Å²) in [5.74, 6) is 1.64. The normalized spacial score (nSPS) is 11.4. The lowest BCUT2D eigenvalue weighted by molar-refractivity contribution is -0.310. The van der Waals surface area contributed by atoms with Crippen molar-refractivity contribution in [3.63, 3.8) is 0 Å². The number of pyridine rings is 1. The molecule has 28 heavy (non-hydrogen) atoms. The number of aliphatic imine (C=N–C) groups is 1. The summed E-state index contributed by atoms with van der Waals surface area (Å²) in [6.45, 7) is 2.59.